The molecule has 1 N–H and O–H groups in total. The second kappa shape index (κ2) is 6.04. The highest BCUT2D eigenvalue weighted by Gasteiger charge is 2.44. The van der Waals surface area contributed by atoms with Gasteiger partial charge in [0.05, 0.1) is 6.04 Å². The van der Waals surface area contributed by atoms with Crippen molar-refractivity contribution in [1.29, 1.82) is 0 Å². The molecule has 0 radical (unpaired) electrons. The normalized spacial score (nSPS) is 25.5. The van der Waals surface area contributed by atoms with Crippen molar-refractivity contribution in [2.24, 2.45) is 0 Å². The summed E-state index contributed by atoms with van der Waals surface area (Å²) in [4.78, 5) is 29.1. The lowest BCUT2D eigenvalue weighted by molar-refractivity contribution is -0.140. The first kappa shape index (κ1) is 16.4. The molecule has 1 unspecified atom stereocenters. The molecule has 4 rings (SSSR count). The summed E-state index contributed by atoms with van der Waals surface area (Å²) in [6, 6.07) is 8.53. The van der Waals surface area contributed by atoms with Crippen molar-refractivity contribution in [3.63, 3.8) is 0 Å². The summed E-state index contributed by atoms with van der Waals surface area (Å²) in [5.74, 6) is 0.0559. The predicted octanol–water partition coefficient (Wildman–Crippen LogP) is 2.82. The van der Waals surface area contributed by atoms with Crippen LogP contribution in [0, 0.1) is 0 Å². The fourth-order valence-electron chi connectivity index (χ4n) is 4.67. The third-order valence-electron chi connectivity index (χ3n) is 6.00. The molecule has 2 heterocycles. The topological polar surface area (TPSA) is 52.7 Å². The first-order valence-electron chi connectivity index (χ1n) is 9.40. The zero-order valence-electron chi connectivity index (χ0n) is 15.1. The fourth-order valence-corrected chi connectivity index (χ4v) is 4.67. The maximum atomic E-state index is 12.8. The Balaban J connectivity index is 1.58. The standard InChI is InChI=1S/C20H27N3O2/c1-20(2)13-23-17(15-9-5-6-10-16(15)20)11-22(12-18(23)24)19(25)21-14-7-3-4-8-14/h5-6,9-10,14,17H,3-4,7-8,11-13H2,1-2H3,(H,21,25). The number of carbonyl (C=O) groups is 2. The van der Waals surface area contributed by atoms with Crippen molar-refractivity contribution in [2.45, 2.75) is 57.0 Å². The minimum Gasteiger partial charge on any atom is -0.335 e. The van der Waals surface area contributed by atoms with Gasteiger partial charge in [-0.25, -0.2) is 4.79 Å². The average Bonchev–Trinajstić information content (AvgIpc) is 3.09. The Morgan fingerprint density at radius 2 is 1.92 bits per heavy atom. The van der Waals surface area contributed by atoms with Crippen LogP contribution in [-0.4, -0.2) is 47.4 Å². The monoisotopic (exact) mass is 341 g/mol. The van der Waals surface area contributed by atoms with Gasteiger partial charge in [-0.3, -0.25) is 4.79 Å². The van der Waals surface area contributed by atoms with Crippen molar-refractivity contribution in [1.82, 2.24) is 15.1 Å². The molecular weight excluding hydrogens is 314 g/mol. The van der Waals surface area contributed by atoms with E-state index in [0.717, 1.165) is 12.8 Å². The number of piperazine rings is 1. The maximum absolute atomic E-state index is 12.8. The van der Waals surface area contributed by atoms with Gasteiger partial charge in [0.25, 0.3) is 0 Å². The highest BCUT2D eigenvalue weighted by atomic mass is 16.2. The van der Waals surface area contributed by atoms with Crippen LogP contribution in [0.5, 0.6) is 0 Å². The Kier molecular flexibility index (Phi) is 3.97. The Morgan fingerprint density at radius 3 is 2.68 bits per heavy atom. The molecule has 2 aliphatic heterocycles. The van der Waals surface area contributed by atoms with E-state index in [0.29, 0.717) is 13.1 Å². The molecule has 25 heavy (non-hydrogen) atoms. The van der Waals surface area contributed by atoms with E-state index in [2.05, 4.69) is 37.4 Å². The van der Waals surface area contributed by atoms with Gasteiger partial charge in [0.1, 0.15) is 6.54 Å². The first-order valence-corrected chi connectivity index (χ1v) is 9.40. The molecule has 3 amide bonds. The highest BCUT2D eigenvalue weighted by molar-refractivity contribution is 5.86. The van der Waals surface area contributed by atoms with Crippen LogP contribution in [0.3, 0.4) is 0 Å². The minimum absolute atomic E-state index is 0.0280. The Labute approximate surface area is 149 Å². The molecule has 0 aromatic heterocycles. The van der Waals surface area contributed by atoms with Crippen molar-refractivity contribution in [2.75, 3.05) is 19.6 Å². The van der Waals surface area contributed by atoms with E-state index in [1.807, 2.05) is 11.0 Å². The minimum atomic E-state index is -0.0813. The van der Waals surface area contributed by atoms with Crippen molar-refractivity contribution in [3.05, 3.63) is 35.4 Å². The number of nitrogens with zero attached hydrogens (tertiary/aromatic N) is 2. The summed E-state index contributed by atoms with van der Waals surface area (Å²) < 4.78 is 0. The zero-order chi connectivity index (χ0) is 17.6. The SMILES string of the molecule is CC1(C)CN2C(=O)CN(C(=O)NC3CCCC3)CC2c2ccccc21. The number of hydrogen-bond acceptors (Lipinski definition) is 2. The lowest BCUT2D eigenvalue weighted by Crippen LogP contribution is -2.60. The molecule has 2 fully saturated rings. The van der Waals surface area contributed by atoms with E-state index in [9.17, 15) is 9.59 Å². The van der Waals surface area contributed by atoms with Crippen LogP contribution in [0.15, 0.2) is 24.3 Å². The summed E-state index contributed by atoms with van der Waals surface area (Å²) in [5, 5.41) is 3.12. The number of urea groups is 1. The third-order valence-corrected chi connectivity index (χ3v) is 6.00. The summed E-state index contributed by atoms with van der Waals surface area (Å²) in [6.07, 6.45) is 4.48. The molecule has 5 nitrogen and oxygen atoms in total. The number of amides is 3. The number of hydrogen-bond donors (Lipinski definition) is 1. The van der Waals surface area contributed by atoms with Crippen LogP contribution in [0.1, 0.15) is 56.7 Å². The molecule has 1 aromatic carbocycles. The highest BCUT2D eigenvalue weighted by Crippen LogP contribution is 2.41. The summed E-state index contributed by atoms with van der Waals surface area (Å²) in [5.41, 5.74) is 2.42. The second-order valence-corrected chi connectivity index (χ2v) is 8.32. The van der Waals surface area contributed by atoms with Crippen molar-refractivity contribution >= 4 is 11.9 Å². The first-order chi connectivity index (χ1) is 12.0. The van der Waals surface area contributed by atoms with Crippen LogP contribution in [0.2, 0.25) is 0 Å². The summed E-state index contributed by atoms with van der Waals surface area (Å²) in [7, 11) is 0. The smallest absolute Gasteiger partial charge is 0.318 e. The van der Waals surface area contributed by atoms with E-state index in [1.54, 1.807) is 4.90 Å². The molecule has 1 atom stereocenters. The number of nitrogens with one attached hydrogen (secondary N) is 1. The van der Waals surface area contributed by atoms with Gasteiger partial charge in [0, 0.05) is 24.5 Å². The predicted molar refractivity (Wildman–Crippen MR) is 96.3 cm³/mol. The molecule has 1 aliphatic carbocycles. The molecule has 5 heteroatoms. The third kappa shape index (κ3) is 2.90. The number of rotatable bonds is 1. The molecule has 1 aromatic rings. The number of carbonyl (C=O) groups excluding carboxylic acids is 2. The quantitative estimate of drug-likeness (QED) is 0.854. The zero-order valence-corrected chi connectivity index (χ0v) is 15.1. The largest absolute Gasteiger partial charge is 0.335 e. The van der Waals surface area contributed by atoms with Gasteiger partial charge in [-0.15, -0.1) is 0 Å². The molecular formula is C20H27N3O2. The Morgan fingerprint density at radius 1 is 1.20 bits per heavy atom. The van der Waals surface area contributed by atoms with Crippen molar-refractivity contribution in [3.8, 4) is 0 Å². The molecule has 3 aliphatic rings. The van der Waals surface area contributed by atoms with Crippen LogP contribution in [-0.2, 0) is 10.2 Å². The number of fused-ring (bicyclic) bond motifs is 3. The molecule has 0 spiro atoms. The van der Waals surface area contributed by atoms with E-state index in [1.165, 1.54) is 24.0 Å². The van der Waals surface area contributed by atoms with Gasteiger partial charge < -0.3 is 15.1 Å². The van der Waals surface area contributed by atoms with Crippen LogP contribution >= 0.6 is 0 Å². The fraction of sp³-hybridized carbons (Fsp3) is 0.600. The van der Waals surface area contributed by atoms with Crippen LogP contribution in [0.4, 0.5) is 4.79 Å². The Bertz CT molecular complexity index is 694. The van der Waals surface area contributed by atoms with Gasteiger partial charge in [0.2, 0.25) is 5.91 Å². The van der Waals surface area contributed by atoms with Gasteiger partial charge in [-0.05, 0) is 24.0 Å². The van der Waals surface area contributed by atoms with Crippen LogP contribution < -0.4 is 5.32 Å². The van der Waals surface area contributed by atoms with Crippen molar-refractivity contribution < 1.29 is 9.59 Å². The lowest BCUT2D eigenvalue weighted by Gasteiger charge is -2.49. The van der Waals surface area contributed by atoms with Gasteiger partial charge >= 0.3 is 6.03 Å². The van der Waals surface area contributed by atoms with Crippen LogP contribution in [0.25, 0.3) is 0 Å². The van der Waals surface area contributed by atoms with Gasteiger partial charge in [0.15, 0.2) is 0 Å². The van der Waals surface area contributed by atoms with E-state index >= 15 is 0 Å². The van der Waals surface area contributed by atoms with E-state index < -0.39 is 0 Å². The van der Waals surface area contributed by atoms with E-state index in [4.69, 9.17) is 0 Å². The second-order valence-electron chi connectivity index (χ2n) is 8.32. The summed E-state index contributed by atoms with van der Waals surface area (Å²) >= 11 is 0. The lowest BCUT2D eigenvalue weighted by atomic mass is 9.75. The molecule has 0 bridgehead atoms. The molecule has 1 saturated carbocycles. The molecule has 1 saturated heterocycles. The molecule has 134 valence electrons. The number of benzene rings is 1. The summed E-state index contributed by atoms with van der Waals surface area (Å²) in [6.45, 7) is 5.86. The maximum Gasteiger partial charge on any atom is 0.318 e. The van der Waals surface area contributed by atoms with E-state index in [-0.39, 0.29) is 36.0 Å². The average molecular weight is 341 g/mol. The van der Waals surface area contributed by atoms with Gasteiger partial charge in [-0.2, -0.15) is 0 Å². The Hall–Kier alpha value is -2.04. The van der Waals surface area contributed by atoms with Gasteiger partial charge in [-0.1, -0.05) is 51.0 Å².